The van der Waals surface area contributed by atoms with Crippen LogP contribution >= 0.6 is 11.6 Å². The molecular weight excluding hydrogens is 307 g/mol. The monoisotopic (exact) mass is 318 g/mol. The highest BCUT2D eigenvalue weighted by molar-refractivity contribution is 6.30. The maximum Gasteiger partial charge on any atom is 0.249 e. The van der Waals surface area contributed by atoms with Crippen molar-refractivity contribution in [1.29, 1.82) is 0 Å². The van der Waals surface area contributed by atoms with Crippen LogP contribution in [-0.4, -0.2) is 15.3 Å². The van der Waals surface area contributed by atoms with E-state index in [2.05, 4.69) is 10.2 Å². The second kappa shape index (κ2) is 6.25. The molecule has 0 aliphatic rings. The Morgan fingerprint density at radius 2 is 1.73 bits per heavy atom. The van der Waals surface area contributed by atoms with E-state index in [0.717, 1.165) is 5.56 Å². The van der Waals surface area contributed by atoms with Gasteiger partial charge in [0.25, 0.3) is 0 Å². The lowest BCUT2D eigenvalue weighted by molar-refractivity contribution is 0.180. The molecule has 2 aromatic carbocycles. The zero-order valence-electron chi connectivity index (χ0n) is 11.4. The molecule has 1 N–H and O–H groups in total. The van der Waals surface area contributed by atoms with E-state index >= 15 is 0 Å². The topological polar surface area (TPSA) is 59.2 Å². The molecule has 4 nitrogen and oxygen atoms in total. The Hall–Kier alpha value is -2.24. The number of benzene rings is 2. The number of hydrogen-bond acceptors (Lipinski definition) is 4. The summed E-state index contributed by atoms with van der Waals surface area (Å²) in [5.41, 5.74) is 1.46. The van der Waals surface area contributed by atoms with Gasteiger partial charge in [0.1, 0.15) is 5.82 Å². The lowest BCUT2D eigenvalue weighted by Crippen LogP contribution is -2.00. The van der Waals surface area contributed by atoms with Crippen LogP contribution in [0.15, 0.2) is 52.9 Å². The van der Waals surface area contributed by atoms with Crippen molar-refractivity contribution in [3.63, 3.8) is 0 Å². The van der Waals surface area contributed by atoms with E-state index < -0.39 is 6.10 Å². The zero-order valence-corrected chi connectivity index (χ0v) is 12.2. The predicted octanol–water partition coefficient (Wildman–Crippen LogP) is 3.53. The highest BCUT2D eigenvalue weighted by Gasteiger charge is 2.18. The molecule has 0 radical (unpaired) electrons. The molecule has 0 bridgehead atoms. The van der Waals surface area contributed by atoms with Crippen molar-refractivity contribution in [2.45, 2.75) is 12.5 Å². The van der Waals surface area contributed by atoms with Crippen LogP contribution in [0.1, 0.15) is 29.0 Å². The first-order valence-electron chi connectivity index (χ1n) is 6.62. The van der Waals surface area contributed by atoms with E-state index in [1.165, 1.54) is 24.3 Å². The minimum Gasteiger partial charge on any atom is -0.422 e. The fraction of sp³-hybridized carbons (Fsp3) is 0.125. The number of halogens is 2. The normalized spacial score (nSPS) is 12.3. The van der Waals surface area contributed by atoms with Crippen LogP contribution in [-0.2, 0) is 6.42 Å². The summed E-state index contributed by atoms with van der Waals surface area (Å²) in [5, 5.41) is 18.6. The number of aliphatic hydroxyl groups excluding tert-OH is 1. The molecular formula is C16H12ClFN2O2. The van der Waals surface area contributed by atoms with Crippen LogP contribution in [0.4, 0.5) is 4.39 Å². The number of aliphatic hydroxyl groups is 1. The van der Waals surface area contributed by atoms with Crippen molar-refractivity contribution in [3.8, 4) is 0 Å². The standard InChI is InChI=1S/C16H12ClFN2O2/c17-12-5-1-10(2-6-12)9-14-19-20-16(22-14)15(21)11-3-7-13(18)8-4-11/h1-8,15,21H,9H2. The molecule has 3 rings (SSSR count). The number of hydrogen-bond donors (Lipinski definition) is 1. The number of rotatable bonds is 4. The minimum atomic E-state index is -1.08. The smallest absolute Gasteiger partial charge is 0.249 e. The van der Waals surface area contributed by atoms with Crippen LogP contribution in [0.3, 0.4) is 0 Å². The molecule has 0 amide bonds. The fourth-order valence-electron chi connectivity index (χ4n) is 2.01. The Bertz CT molecular complexity index is 757. The van der Waals surface area contributed by atoms with Gasteiger partial charge in [0.2, 0.25) is 11.8 Å². The van der Waals surface area contributed by atoms with Crippen LogP contribution < -0.4 is 0 Å². The summed E-state index contributed by atoms with van der Waals surface area (Å²) in [6, 6.07) is 12.8. The van der Waals surface area contributed by atoms with Crippen LogP contribution in [0.2, 0.25) is 5.02 Å². The first-order valence-corrected chi connectivity index (χ1v) is 7.00. The molecule has 1 aromatic heterocycles. The SMILES string of the molecule is OC(c1ccc(F)cc1)c1nnc(Cc2ccc(Cl)cc2)o1. The summed E-state index contributed by atoms with van der Waals surface area (Å²) in [5.74, 6) is 0.0963. The molecule has 0 spiro atoms. The number of aromatic nitrogens is 2. The van der Waals surface area contributed by atoms with Gasteiger partial charge in [0.05, 0.1) is 6.42 Å². The third-order valence-electron chi connectivity index (χ3n) is 3.17. The Labute approximate surface area is 131 Å². The van der Waals surface area contributed by atoms with Crippen molar-refractivity contribution < 1.29 is 13.9 Å². The van der Waals surface area contributed by atoms with Gasteiger partial charge in [0, 0.05) is 5.02 Å². The second-order valence-electron chi connectivity index (χ2n) is 4.79. The van der Waals surface area contributed by atoms with Crippen molar-refractivity contribution in [3.05, 3.63) is 82.3 Å². The summed E-state index contributed by atoms with van der Waals surface area (Å²) in [4.78, 5) is 0. The first-order chi connectivity index (χ1) is 10.6. The summed E-state index contributed by atoms with van der Waals surface area (Å²) >= 11 is 5.83. The van der Waals surface area contributed by atoms with E-state index in [9.17, 15) is 9.50 Å². The van der Waals surface area contributed by atoms with Gasteiger partial charge in [-0.1, -0.05) is 35.9 Å². The van der Waals surface area contributed by atoms with E-state index in [-0.39, 0.29) is 11.7 Å². The van der Waals surface area contributed by atoms with Gasteiger partial charge in [-0.3, -0.25) is 0 Å². The molecule has 0 saturated carbocycles. The van der Waals surface area contributed by atoms with Gasteiger partial charge in [-0.2, -0.15) is 0 Å². The van der Waals surface area contributed by atoms with Gasteiger partial charge >= 0.3 is 0 Å². The van der Waals surface area contributed by atoms with Crippen LogP contribution in [0.25, 0.3) is 0 Å². The Kier molecular flexibility index (Phi) is 4.18. The quantitative estimate of drug-likeness (QED) is 0.799. The minimum absolute atomic E-state index is 0.0792. The molecule has 3 aromatic rings. The average molecular weight is 319 g/mol. The number of nitrogens with zero attached hydrogens (tertiary/aromatic N) is 2. The molecule has 22 heavy (non-hydrogen) atoms. The van der Waals surface area contributed by atoms with Crippen molar-refractivity contribution >= 4 is 11.6 Å². The molecule has 1 unspecified atom stereocenters. The third-order valence-corrected chi connectivity index (χ3v) is 3.42. The zero-order chi connectivity index (χ0) is 15.5. The van der Waals surface area contributed by atoms with Gasteiger partial charge in [-0.05, 0) is 35.4 Å². The molecule has 112 valence electrons. The van der Waals surface area contributed by atoms with Gasteiger partial charge in [0.15, 0.2) is 6.10 Å². The predicted molar refractivity (Wildman–Crippen MR) is 79.0 cm³/mol. The lowest BCUT2D eigenvalue weighted by atomic mass is 10.1. The van der Waals surface area contributed by atoms with Crippen molar-refractivity contribution in [1.82, 2.24) is 10.2 Å². The summed E-state index contributed by atoms with van der Waals surface area (Å²) in [6.07, 6.45) is -0.632. The molecule has 0 fully saturated rings. The Morgan fingerprint density at radius 1 is 1.05 bits per heavy atom. The van der Waals surface area contributed by atoms with E-state index in [1.807, 2.05) is 12.1 Å². The summed E-state index contributed by atoms with van der Waals surface area (Å²) in [7, 11) is 0. The summed E-state index contributed by atoms with van der Waals surface area (Å²) < 4.78 is 18.4. The summed E-state index contributed by atoms with van der Waals surface area (Å²) in [6.45, 7) is 0. The lowest BCUT2D eigenvalue weighted by Gasteiger charge is -2.05. The van der Waals surface area contributed by atoms with Crippen LogP contribution in [0, 0.1) is 5.82 Å². The van der Waals surface area contributed by atoms with E-state index in [0.29, 0.717) is 22.9 Å². The molecule has 6 heteroatoms. The van der Waals surface area contributed by atoms with Crippen LogP contribution in [0.5, 0.6) is 0 Å². The highest BCUT2D eigenvalue weighted by Crippen LogP contribution is 2.22. The average Bonchev–Trinajstić information content (AvgIpc) is 2.98. The van der Waals surface area contributed by atoms with Gasteiger partial charge in [-0.25, -0.2) is 4.39 Å². The highest BCUT2D eigenvalue weighted by atomic mass is 35.5. The molecule has 0 aliphatic heterocycles. The van der Waals surface area contributed by atoms with Gasteiger partial charge in [-0.15, -0.1) is 10.2 Å². The van der Waals surface area contributed by atoms with Crippen molar-refractivity contribution in [2.75, 3.05) is 0 Å². The molecule has 0 saturated heterocycles. The molecule has 1 heterocycles. The van der Waals surface area contributed by atoms with E-state index in [4.69, 9.17) is 16.0 Å². The largest absolute Gasteiger partial charge is 0.422 e. The first kappa shape index (κ1) is 14.7. The maximum atomic E-state index is 12.9. The Morgan fingerprint density at radius 3 is 2.41 bits per heavy atom. The second-order valence-corrected chi connectivity index (χ2v) is 5.23. The Balaban J connectivity index is 1.75. The third kappa shape index (κ3) is 3.32. The van der Waals surface area contributed by atoms with Gasteiger partial charge < -0.3 is 9.52 Å². The van der Waals surface area contributed by atoms with Crippen molar-refractivity contribution in [2.24, 2.45) is 0 Å². The molecule has 0 aliphatic carbocycles. The maximum absolute atomic E-state index is 12.9. The fourth-order valence-corrected chi connectivity index (χ4v) is 2.14. The van der Waals surface area contributed by atoms with E-state index in [1.54, 1.807) is 12.1 Å². The molecule has 1 atom stereocenters.